The number of hydrogen-bond donors (Lipinski definition) is 2. The SMILES string of the molecule is CC1C=CCC2(C1)N=C(c1ccc(OCc3ccccc3)cc1)C(=O)N2[C@@H](c1ccc(C(=O)NCCC(=O)O)cc1)C1CC1. The van der Waals surface area contributed by atoms with E-state index in [0.717, 1.165) is 41.7 Å². The summed E-state index contributed by atoms with van der Waals surface area (Å²) in [5.74, 6) is -0.0334. The minimum Gasteiger partial charge on any atom is -0.489 e. The highest BCUT2D eigenvalue weighted by Crippen LogP contribution is 2.52. The summed E-state index contributed by atoms with van der Waals surface area (Å²) in [5.41, 5.74) is 3.09. The highest BCUT2D eigenvalue weighted by molar-refractivity contribution is 6.46. The van der Waals surface area contributed by atoms with Crippen molar-refractivity contribution in [2.75, 3.05) is 6.54 Å². The zero-order valence-corrected chi connectivity index (χ0v) is 24.8. The molecule has 3 atom stereocenters. The molecule has 1 fully saturated rings. The number of nitrogens with one attached hydrogen (secondary N) is 1. The van der Waals surface area contributed by atoms with E-state index in [0.29, 0.717) is 30.2 Å². The average Bonchev–Trinajstić information content (AvgIpc) is 3.83. The zero-order chi connectivity index (χ0) is 30.7. The van der Waals surface area contributed by atoms with Crippen LogP contribution in [0, 0.1) is 11.8 Å². The highest BCUT2D eigenvalue weighted by Gasteiger charge is 2.54. The van der Waals surface area contributed by atoms with Gasteiger partial charge in [0.15, 0.2) is 0 Å². The summed E-state index contributed by atoms with van der Waals surface area (Å²) in [4.78, 5) is 45.0. The molecule has 2 N–H and O–H groups in total. The number of carbonyl (C=O) groups excluding carboxylic acids is 2. The predicted molar refractivity (Wildman–Crippen MR) is 167 cm³/mol. The first-order chi connectivity index (χ1) is 21.3. The van der Waals surface area contributed by atoms with Crippen LogP contribution in [0.2, 0.25) is 0 Å². The number of ether oxygens (including phenoxy) is 1. The van der Waals surface area contributed by atoms with Crippen LogP contribution in [0.1, 0.15) is 72.1 Å². The van der Waals surface area contributed by atoms with Gasteiger partial charge in [0.25, 0.3) is 11.8 Å². The van der Waals surface area contributed by atoms with Crippen molar-refractivity contribution in [1.29, 1.82) is 0 Å². The number of amides is 2. The second-order valence-electron chi connectivity index (χ2n) is 12.0. The number of hydrogen-bond acceptors (Lipinski definition) is 5. The Hall–Kier alpha value is -4.72. The Morgan fingerprint density at radius 3 is 2.43 bits per heavy atom. The van der Waals surface area contributed by atoms with E-state index in [4.69, 9.17) is 14.8 Å². The van der Waals surface area contributed by atoms with Gasteiger partial charge in [0.2, 0.25) is 0 Å². The summed E-state index contributed by atoms with van der Waals surface area (Å²) >= 11 is 0. The van der Waals surface area contributed by atoms with Gasteiger partial charge in [-0.15, -0.1) is 0 Å². The highest BCUT2D eigenvalue weighted by atomic mass is 16.5. The van der Waals surface area contributed by atoms with Crippen molar-refractivity contribution in [3.8, 4) is 5.75 Å². The maximum atomic E-state index is 14.4. The molecule has 0 saturated heterocycles. The van der Waals surface area contributed by atoms with Crippen molar-refractivity contribution >= 4 is 23.5 Å². The number of carbonyl (C=O) groups is 3. The Kier molecular flexibility index (Phi) is 8.33. The van der Waals surface area contributed by atoms with E-state index in [1.54, 1.807) is 12.1 Å². The molecule has 3 aromatic carbocycles. The predicted octanol–water partition coefficient (Wildman–Crippen LogP) is 5.94. The van der Waals surface area contributed by atoms with Gasteiger partial charge < -0.3 is 20.1 Å². The lowest BCUT2D eigenvalue weighted by Crippen LogP contribution is -2.51. The van der Waals surface area contributed by atoms with Crippen molar-refractivity contribution in [1.82, 2.24) is 10.2 Å². The molecule has 2 aliphatic carbocycles. The molecule has 3 aromatic rings. The third-order valence-corrected chi connectivity index (χ3v) is 8.61. The van der Waals surface area contributed by atoms with Gasteiger partial charge in [0.1, 0.15) is 23.7 Å². The van der Waals surface area contributed by atoms with E-state index >= 15 is 0 Å². The van der Waals surface area contributed by atoms with Gasteiger partial charge in [-0.2, -0.15) is 0 Å². The quantitative estimate of drug-likeness (QED) is 0.269. The molecule has 2 unspecified atom stereocenters. The zero-order valence-electron chi connectivity index (χ0n) is 24.8. The molecule has 8 heteroatoms. The first-order valence-corrected chi connectivity index (χ1v) is 15.3. The molecule has 1 heterocycles. The van der Waals surface area contributed by atoms with Crippen LogP contribution in [-0.4, -0.2) is 45.7 Å². The van der Waals surface area contributed by atoms with Gasteiger partial charge in [0.05, 0.1) is 12.5 Å². The first-order valence-electron chi connectivity index (χ1n) is 15.3. The summed E-state index contributed by atoms with van der Waals surface area (Å²) in [6.45, 7) is 2.70. The van der Waals surface area contributed by atoms with Crippen LogP contribution in [0.15, 0.2) is 96.0 Å². The van der Waals surface area contributed by atoms with Gasteiger partial charge in [-0.1, -0.05) is 61.5 Å². The van der Waals surface area contributed by atoms with Crippen LogP contribution in [0.4, 0.5) is 0 Å². The molecule has 0 aromatic heterocycles. The number of rotatable bonds is 11. The van der Waals surface area contributed by atoms with Gasteiger partial charge in [-0.3, -0.25) is 19.4 Å². The lowest BCUT2D eigenvalue weighted by Gasteiger charge is -2.44. The lowest BCUT2D eigenvalue weighted by atomic mass is 9.84. The second kappa shape index (κ2) is 12.5. The van der Waals surface area contributed by atoms with E-state index in [9.17, 15) is 14.4 Å². The van der Waals surface area contributed by atoms with Crippen molar-refractivity contribution in [2.24, 2.45) is 16.8 Å². The second-order valence-corrected chi connectivity index (χ2v) is 12.0. The molecule has 1 aliphatic heterocycles. The maximum Gasteiger partial charge on any atom is 0.305 e. The van der Waals surface area contributed by atoms with E-state index in [1.807, 2.05) is 71.6 Å². The number of carboxylic acid groups (broad SMARTS) is 1. The van der Waals surface area contributed by atoms with E-state index in [1.165, 1.54) is 0 Å². The number of benzene rings is 3. The normalized spacial score (nSPS) is 21.7. The van der Waals surface area contributed by atoms with E-state index in [-0.39, 0.29) is 36.7 Å². The summed E-state index contributed by atoms with van der Waals surface area (Å²) < 4.78 is 5.98. The molecule has 1 saturated carbocycles. The fraction of sp³-hybridized carbons (Fsp3) is 0.333. The molecule has 226 valence electrons. The summed E-state index contributed by atoms with van der Waals surface area (Å²) in [6, 6.07) is 24.8. The maximum absolute atomic E-state index is 14.4. The molecule has 0 bridgehead atoms. The average molecular weight is 592 g/mol. The first kappa shape index (κ1) is 29.4. The molecule has 3 aliphatic rings. The molecular weight excluding hydrogens is 554 g/mol. The summed E-state index contributed by atoms with van der Waals surface area (Å²) in [7, 11) is 0. The van der Waals surface area contributed by atoms with Crippen LogP contribution in [0.5, 0.6) is 5.75 Å². The fourth-order valence-electron chi connectivity index (χ4n) is 6.34. The van der Waals surface area contributed by atoms with Gasteiger partial charge in [-0.25, -0.2) is 0 Å². The fourth-order valence-corrected chi connectivity index (χ4v) is 6.34. The number of carboxylic acids is 1. The number of nitrogens with zero attached hydrogens (tertiary/aromatic N) is 2. The summed E-state index contributed by atoms with van der Waals surface area (Å²) in [5, 5.41) is 11.5. The molecule has 44 heavy (non-hydrogen) atoms. The van der Waals surface area contributed by atoms with Crippen LogP contribution in [-0.2, 0) is 16.2 Å². The van der Waals surface area contributed by atoms with Gasteiger partial charge in [-0.05, 0) is 78.6 Å². The van der Waals surface area contributed by atoms with Crippen molar-refractivity contribution < 1.29 is 24.2 Å². The Morgan fingerprint density at radius 1 is 1.05 bits per heavy atom. The molecule has 8 nitrogen and oxygen atoms in total. The van der Waals surface area contributed by atoms with Gasteiger partial charge in [0, 0.05) is 24.1 Å². The molecule has 1 spiro atoms. The molecule has 2 amide bonds. The van der Waals surface area contributed by atoms with Crippen molar-refractivity contribution in [2.45, 2.75) is 57.3 Å². The minimum atomic E-state index is -0.960. The third-order valence-electron chi connectivity index (χ3n) is 8.61. The van der Waals surface area contributed by atoms with Crippen molar-refractivity contribution in [3.63, 3.8) is 0 Å². The lowest BCUT2D eigenvalue weighted by molar-refractivity contribution is -0.137. The Bertz CT molecular complexity index is 1580. The van der Waals surface area contributed by atoms with Crippen LogP contribution >= 0.6 is 0 Å². The third kappa shape index (κ3) is 6.30. The van der Waals surface area contributed by atoms with Crippen molar-refractivity contribution in [3.05, 3.63) is 113 Å². The summed E-state index contributed by atoms with van der Waals surface area (Å²) in [6.07, 6.45) is 7.65. The van der Waals surface area contributed by atoms with Gasteiger partial charge >= 0.3 is 5.97 Å². The monoisotopic (exact) mass is 591 g/mol. The number of aliphatic imine (C=N–C) groups is 1. The molecule has 6 rings (SSSR count). The molecule has 0 radical (unpaired) electrons. The minimum absolute atomic E-state index is 0.0668. The Labute approximate surface area is 257 Å². The van der Waals surface area contributed by atoms with Crippen LogP contribution in [0.25, 0.3) is 0 Å². The van der Waals surface area contributed by atoms with E-state index < -0.39 is 11.6 Å². The molecular formula is C36H37N3O5. The number of aliphatic carboxylic acids is 1. The number of allylic oxidation sites excluding steroid dienone is 1. The standard InChI is InChI=1S/C36H37N3O5/c1-24-6-5-20-36(22-24)38-32(26-15-17-30(18-16-26)44-23-25-7-3-2-4-8-25)35(43)39(36)33(27-9-10-27)28-11-13-29(14-12-28)34(42)37-21-19-31(40)41/h2-8,11-18,24,27,33H,9-10,19-23H2,1H3,(H,37,42)(H,40,41)/t24?,33-,36?/m1/s1. The largest absolute Gasteiger partial charge is 0.489 e. The van der Waals surface area contributed by atoms with Crippen LogP contribution in [0.3, 0.4) is 0 Å². The topological polar surface area (TPSA) is 108 Å². The van der Waals surface area contributed by atoms with E-state index in [2.05, 4.69) is 24.4 Å². The Balaban J connectivity index is 1.25. The van der Waals surface area contributed by atoms with Crippen LogP contribution < -0.4 is 10.1 Å². The smallest absolute Gasteiger partial charge is 0.305 e. The Morgan fingerprint density at radius 2 is 1.77 bits per heavy atom.